The number of methoxy groups -OCH3 is 1. The Labute approximate surface area is 193 Å². The molecule has 0 aliphatic carbocycles. The molecule has 0 heterocycles. The fourth-order valence-corrected chi connectivity index (χ4v) is 3.74. The Bertz CT molecular complexity index is 919. The second-order valence-electron chi connectivity index (χ2n) is 7.79. The standard InChI is InChI=1S/C23H29Cl2N3O3/c1-14(2)21(27-22(29)16-11-10-15(24)12-18(16)25)23(30)26-13-19(28(3)4)17-8-6-7-9-20(17)31-5/h6-12,14,19,21H,13H2,1-5H3,(H,26,30)(H,27,29)/t19-,21+/m0/s1. The molecule has 6 nitrogen and oxygen atoms in total. The number of carbonyl (C=O) groups excluding carboxylic acids is 2. The number of ether oxygens (including phenoxy) is 1. The maximum atomic E-state index is 13.0. The highest BCUT2D eigenvalue weighted by Gasteiger charge is 2.27. The van der Waals surface area contributed by atoms with E-state index in [1.165, 1.54) is 6.07 Å². The number of amides is 2. The van der Waals surface area contributed by atoms with Crippen molar-refractivity contribution in [3.63, 3.8) is 0 Å². The Morgan fingerprint density at radius 1 is 1.10 bits per heavy atom. The van der Waals surface area contributed by atoms with Crippen molar-refractivity contribution in [2.45, 2.75) is 25.9 Å². The van der Waals surface area contributed by atoms with Crippen LogP contribution in [0, 0.1) is 5.92 Å². The van der Waals surface area contributed by atoms with Gasteiger partial charge in [0, 0.05) is 17.1 Å². The average molecular weight is 466 g/mol. The Morgan fingerprint density at radius 3 is 2.35 bits per heavy atom. The molecule has 0 bridgehead atoms. The van der Waals surface area contributed by atoms with E-state index in [1.807, 2.05) is 57.1 Å². The summed E-state index contributed by atoms with van der Waals surface area (Å²) in [7, 11) is 5.50. The summed E-state index contributed by atoms with van der Waals surface area (Å²) >= 11 is 12.0. The quantitative estimate of drug-likeness (QED) is 0.582. The third kappa shape index (κ3) is 6.60. The van der Waals surface area contributed by atoms with Gasteiger partial charge in [0.15, 0.2) is 0 Å². The van der Waals surface area contributed by atoms with Crippen molar-refractivity contribution in [3.05, 3.63) is 63.6 Å². The van der Waals surface area contributed by atoms with Gasteiger partial charge >= 0.3 is 0 Å². The van der Waals surface area contributed by atoms with Gasteiger partial charge in [0.2, 0.25) is 5.91 Å². The summed E-state index contributed by atoms with van der Waals surface area (Å²) in [4.78, 5) is 27.7. The van der Waals surface area contributed by atoms with Crippen LogP contribution in [0.25, 0.3) is 0 Å². The molecule has 0 aliphatic heterocycles. The van der Waals surface area contributed by atoms with Crippen LogP contribution in [0.4, 0.5) is 0 Å². The van der Waals surface area contributed by atoms with Gasteiger partial charge in [0.1, 0.15) is 11.8 Å². The maximum absolute atomic E-state index is 13.0. The Balaban J connectivity index is 2.13. The molecule has 0 unspecified atom stereocenters. The molecular weight excluding hydrogens is 437 g/mol. The molecule has 0 radical (unpaired) electrons. The van der Waals surface area contributed by atoms with E-state index in [1.54, 1.807) is 19.2 Å². The summed E-state index contributed by atoms with van der Waals surface area (Å²) in [6.45, 7) is 4.10. The van der Waals surface area contributed by atoms with Crippen molar-refractivity contribution in [2.24, 2.45) is 5.92 Å². The molecule has 0 aromatic heterocycles. The lowest BCUT2D eigenvalue weighted by atomic mass is 10.0. The highest BCUT2D eigenvalue weighted by Crippen LogP contribution is 2.27. The molecule has 0 aliphatic rings. The Kier molecular flexibility index (Phi) is 9.16. The number of hydrogen-bond donors (Lipinski definition) is 2. The lowest BCUT2D eigenvalue weighted by molar-refractivity contribution is -0.124. The Hall–Kier alpha value is -2.28. The lowest BCUT2D eigenvalue weighted by Crippen LogP contribution is -2.51. The topological polar surface area (TPSA) is 70.7 Å². The van der Waals surface area contributed by atoms with Crippen LogP contribution in [-0.4, -0.2) is 50.5 Å². The van der Waals surface area contributed by atoms with Gasteiger partial charge in [-0.3, -0.25) is 9.59 Å². The molecule has 2 atom stereocenters. The first kappa shape index (κ1) is 25.0. The average Bonchev–Trinajstić information content (AvgIpc) is 2.71. The molecule has 0 saturated carbocycles. The summed E-state index contributed by atoms with van der Waals surface area (Å²) in [5, 5.41) is 6.43. The highest BCUT2D eigenvalue weighted by atomic mass is 35.5. The number of likely N-dealkylation sites (N-methyl/N-ethyl adjacent to an activating group) is 1. The fraction of sp³-hybridized carbons (Fsp3) is 0.391. The van der Waals surface area contributed by atoms with Crippen molar-refractivity contribution in [2.75, 3.05) is 27.7 Å². The van der Waals surface area contributed by atoms with Crippen LogP contribution in [0.15, 0.2) is 42.5 Å². The number of para-hydroxylation sites is 1. The largest absolute Gasteiger partial charge is 0.496 e. The molecule has 2 aromatic carbocycles. The highest BCUT2D eigenvalue weighted by molar-refractivity contribution is 6.36. The molecule has 168 valence electrons. The smallest absolute Gasteiger partial charge is 0.253 e. The number of hydrogen-bond acceptors (Lipinski definition) is 4. The van der Waals surface area contributed by atoms with Crippen molar-refractivity contribution in [3.8, 4) is 5.75 Å². The summed E-state index contributed by atoms with van der Waals surface area (Å²) < 4.78 is 5.47. The van der Waals surface area contributed by atoms with Crippen LogP contribution >= 0.6 is 23.2 Å². The van der Waals surface area contributed by atoms with Gasteiger partial charge < -0.3 is 20.3 Å². The molecular formula is C23H29Cl2N3O3. The van der Waals surface area contributed by atoms with E-state index in [0.29, 0.717) is 11.6 Å². The molecule has 31 heavy (non-hydrogen) atoms. The number of rotatable bonds is 9. The Morgan fingerprint density at radius 2 is 1.77 bits per heavy atom. The number of carbonyl (C=O) groups is 2. The van der Waals surface area contributed by atoms with E-state index in [0.717, 1.165) is 11.3 Å². The van der Waals surface area contributed by atoms with Gasteiger partial charge in [-0.05, 0) is 44.3 Å². The van der Waals surface area contributed by atoms with Crippen molar-refractivity contribution >= 4 is 35.0 Å². The minimum atomic E-state index is -0.722. The van der Waals surface area contributed by atoms with Gasteiger partial charge in [-0.25, -0.2) is 0 Å². The van der Waals surface area contributed by atoms with Gasteiger partial charge in [0.05, 0.1) is 23.7 Å². The minimum absolute atomic E-state index is 0.102. The first-order valence-corrected chi connectivity index (χ1v) is 10.7. The van der Waals surface area contributed by atoms with Gasteiger partial charge in [0.25, 0.3) is 5.91 Å². The summed E-state index contributed by atoms with van der Waals surface area (Å²) in [6, 6.07) is 11.5. The number of benzene rings is 2. The normalized spacial score (nSPS) is 13.1. The SMILES string of the molecule is COc1ccccc1[C@H](CNC(=O)[C@H](NC(=O)c1ccc(Cl)cc1Cl)C(C)C)N(C)C. The van der Waals surface area contributed by atoms with Crippen LogP contribution in [0.2, 0.25) is 10.0 Å². The first-order chi connectivity index (χ1) is 14.6. The number of nitrogens with zero attached hydrogens (tertiary/aromatic N) is 1. The van der Waals surface area contributed by atoms with Gasteiger partial charge in [-0.2, -0.15) is 0 Å². The number of nitrogens with one attached hydrogen (secondary N) is 2. The summed E-state index contributed by atoms with van der Waals surface area (Å²) in [5.74, 6) is -0.0692. The van der Waals surface area contributed by atoms with Gasteiger partial charge in [-0.1, -0.05) is 55.2 Å². The molecule has 2 amide bonds. The predicted octanol–water partition coefficient (Wildman–Crippen LogP) is 4.18. The lowest BCUT2D eigenvalue weighted by Gasteiger charge is -2.28. The number of halogens is 2. The summed E-state index contributed by atoms with van der Waals surface area (Å²) in [6.07, 6.45) is 0. The molecule has 8 heteroatoms. The molecule has 0 spiro atoms. The second kappa shape index (κ2) is 11.4. The zero-order valence-corrected chi connectivity index (χ0v) is 19.9. The van der Waals surface area contributed by atoms with Crippen molar-refractivity contribution in [1.29, 1.82) is 0 Å². The monoisotopic (exact) mass is 465 g/mol. The third-order valence-electron chi connectivity index (χ3n) is 5.00. The van der Waals surface area contributed by atoms with E-state index in [4.69, 9.17) is 27.9 Å². The summed E-state index contributed by atoms with van der Waals surface area (Å²) in [5.41, 5.74) is 1.23. The first-order valence-electron chi connectivity index (χ1n) is 9.98. The van der Waals surface area contributed by atoms with Crippen LogP contribution in [0.5, 0.6) is 5.75 Å². The van der Waals surface area contributed by atoms with E-state index < -0.39 is 11.9 Å². The zero-order chi connectivity index (χ0) is 23.1. The predicted molar refractivity (Wildman–Crippen MR) is 125 cm³/mol. The van der Waals surface area contributed by atoms with Crippen LogP contribution < -0.4 is 15.4 Å². The molecule has 2 N–H and O–H groups in total. The maximum Gasteiger partial charge on any atom is 0.253 e. The van der Waals surface area contributed by atoms with E-state index in [2.05, 4.69) is 10.6 Å². The van der Waals surface area contributed by atoms with Crippen molar-refractivity contribution in [1.82, 2.24) is 15.5 Å². The van der Waals surface area contributed by atoms with E-state index in [-0.39, 0.29) is 28.5 Å². The van der Waals surface area contributed by atoms with Crippen LogP contribution in [0.1, 0.15) is 35.8 Å². The van der Waals surface area contributed by atoms with Crippen LogP contribution in [0.3, 0.4) is 0 Å². The van der Waals surface area contributed by atoms with Crippen molar-refractivity contribution < 1.29 is 14.3 Å². The fourth-order valence-electron chi connectivity index (χ4n) is 3.25. The molecule has 0 saturated heterocycles. The van der Waals surface area contributed by atoms with Gasteiger partial charge in [-0.15, -0.1) is 0 Å². The molecule has 2 rings (SSSR count). The molecule has 0 fully saturated rings. The second-order valence-corrected chi connectivity index (χ2v) is 8.63. The molecule has 2 aromatic rings. The van der Waals surface area contributed by atoms with Crippen LogP contribution in [-0.2, 0) is 4.79 Å². The third-order valence-corrected chi connectivity index (χ3v) is 5.55. The van der Waals surface area contributed by atoms with E-state index in [9.17, 15) is 9.59 Å². The zero-order valence-electron chi connectivity index (χ0n) is 18.4. The van der Waals surface area contributed by atoms with E-state index >= 15 is 0 Å². The minimum Gasteiger partial charge on any atom is -0.496 e.